The molecule has 0 unspecified atom stereocenters. The minimum Gasteiger partial charge on any atom is -0.484 e. The van der Waals surface area contributed by atoms with Crippen LogP contribution in [-0.4, -0.2) is 36.2 Å². The van der Waals surface area contributed by atoms with Gasteiger partial charge < -0.3 is 14.6 Å². The molecule has 4 aromatic rings. The van der Waals surface area contributed by atoms with E-state index in [-0.39, 0.29) is 18.3 Å². The molecule has 0 bridgehead atoms. The Hall–Kier alpha value is -3.30. The molecule has 2 aromatic carbocycles. The van der Waals surface area contributed by atoms with Gasteiger partial charge in [0, 0.05) is 13.1 Å². The number of nitrogens with zero attached hydrogens (tertiary/aromatic N) is 5. The van der Waals surface area contributed by atoms with Crippen LogP contribution in [0.15, 0.2) is 59.8 Å². The Balaban J connectivity index is 1.36. The van der Waals surface area contributed by atoms with Gasteiger partial charge in [0.15, 0.2) is 11.0 Å². The normalized spacial score (nSPS) is 10.9. The smallest absolute Gasteiger partial charge is 0.236 e. The molecule has 0 spiro atoms. The first-order valence-electron chi connectivity index (χ1n) is 10.2. The van der Waals surface area contributed by atoms with Gasteiger partial charge in [-0.3, -0.25) is 4.79 Å². The molecule has 33 heavy (non-hydrogen) atoms. The Morgan fingerprint density at radius 1 is 1.12 bits per heavy atom. The van der Waals surface area contributed by atoms with Crippen molar-refractivity contribution in [1.82, 2.24) is 24.5 Å². The lowest BCUT2D eigenvalue weighted by Crippen LogP contribution is -2.17. The molecule has 0 aliphatic heterocycles. The molecule has 10 heteroatoms. The maximum absolute atomic E-state index is 12.6. The van der Waals surface area contributed by atoms with Gasteiger partial charge in [0.25, 0.3) is 0 Å². The van der Waals surface area contributed by atoms with E-state index < -0.39 is 0 Å². The molecule has 1 N–H and O–H groups in total. The molecule has 0 atom stereocenters. The topological polar surface area (TPSA) is 86.9 Å². The Morgan fingerprint density at radius 2 is 1.88 bits per heavy atom. The summed E-state index contributed by atoms with van der Waals surface area (Å²) in [5, 5.41) is 16.9. The highest BCUT2D eigenvalue weighted by Crippen LogP contribution is 2.24. The van der Waals surface area contributed by atoms with Crippen molar-refractivity contribution < 1.29 is 9.53 Å². The average molecular weight is 483 g/mol. The molecule has 0 saturated carbocycles. The predicted molar refractivity (Wildman–Crippen MR) is 129 cm³/mol. The van der Waals surface area contributed by atoms with Crippen molar-refractivity contribution in [3.63, 3.8) is 0 Å². The third kappa shape index (κ3) is 5.55. The number of aromatic nitrogens is 5. The van der Waals surface area contributed by atoms with Gasteiger partial charge in [-0.15, -0.1) is 10.2 Å². The van der Waals surface area contributed by atoms with Gasteiger partial charge in [0.2, 0.25) is 5.91 Å². The Labute approximate surface area is 200 Å². The van der Waals surface area contributed by atoms with Crippen molar-refractivity contribution in [2.75, 3.05) is 11.1 Å². The van der Waals surface area contributed by atoms with Crippen LogP contribution in [0.4, 0.5) is 5.82 Å². The zero-order chi connectivity index (χ0) is 23.4. The molecule has 0 aliphatic rings. The molecular weight excluding hydrogens is 460 g/mol. The van der Waals surface area contributed by atoms with Crippen molar-refractivity contribution in [1.29, 1.82) is 0 Å². The fourth-order valence-electron chi connectivity index (χ4n) is 3.08. The van der Waals surface area contributed by atoms with Crippen LogP contribution in [0, 0.1) is 13.8 Å². The number of nitrogens with one attached hydrogen (secondary N) is 1. The second-order valence-corrected chi connectivity index (χ2v) is 8.78. The van der Waals surface area contributed by atoms with E-state index in [0.29, 0.717) is 27.6 Å². The zero-order valence-electron chi connectivity index (χ0n) is 18.4. The second kappa shape index (κ2) is 10.1. The highest BCUT2D eigenvalue weighted by atomic mass is 35.5. The number of ether oxygens (including phenoxy) is 1. The number of rotatable bonds is 8. The molecule has 0 aliphatic carbocycles. The van der Waals surface area contributed by atoms with Crippen LogP contribution >= 0.6 is 23.4 Å². The molecule has 8 nitrogen and oxygen atoms in total. The number of aryl methyl sites for hydroxylation is 2. The first-order valence-corrected chi connectivity index (χ1v) is 11.6. The molecule has 0 saturated heterocycles. The van der Waals surface area contributed by atoms with Gasteiger partial charge >= 0.3 is 0 Å². The lowest BCUT2D eigenvalue weighted by atomic mass is 10.2. The van der Waals surface area contributed by atoms with Crippen LogP contribution in [-0.2, 0) is 18.4 Å². The summed E-state index contributed by atoms with van der Waals surface area (Å²) in [7, 11) is 1.83. The standard InChI is InChI=1S/C23H23ClN6O2S/c1-15-8-10-17(11-9-15)30-20(12-16(2)28-30)25-22(31)14-33-23-27-26-21(29(23)3)13-32-19-7-5-4-6-18(19)24/h4-12H,13-14H2,1-3H3,(H,25,31). The van der Waals surface area contributed by atoms with Crippen molar-refractivity contribution in [2.45, 2.75) is 25.6 Å². The molecule has 2 aromatic heterocycles. The molecule has 2 heterocycles. The molecule has 1 amide bonds. The number of anilines is 1. The summed E-state index contributed by atoms with van der Waals surface area (Å²) in [4.78, 5) is 12.6. The third-order valence-electron chi connectivity index (χ3n) is 4.83. The average Bonchev–Trinajstić information content (AvgIpc) is 3.34. The Bertz CT molecular complexity index is 1270. The van der Waals surface area contributed by atoms with Crippen LogP contribution in [0.5, 0.6) is 5.75 Å². The summed E-state index contributed by atoms with van der Waals surface area (Å²) in [6.07, 6.45) is 0. The van der Waals surface area contributed by atoms with Gasteiger partial charge in [-0.2, -0.15) is 5.10 Å². The number of halogens is 1. The summed E-state index contributed by atoms with van der Waals surface area (Å²) >= 11 is 7.42. The van der Waals surface area contributed by atoms with Crippen molar-refractivity contribution in [3.05, 3.63) is 76.7 Å². The van der Waals surface area contributed by atoms with Crippen LogP contribution < -0.4 is 10.1 Å². The number of hydrogen-bond acceptors (Lipinski definition) is 6. The van der Waals surface area contributed by atoms with Crippen LogP contribution in [0.1, 0.15) is 17.1 Å². The van der Waals surface area contributed by atoms with E-state index in [1.165, 1.54) is 11.8 Å². The molecule has 4 rings (SSSR count). The lowest BCUT2D eigenvalue weighted by Gasteiger charge is -2.09. The number of thioether (sulfide) groups is 1. The maximum Gasteiger partial charge on any atom is 0.236 e. The van der Waals surface area contributed by atoms with E-state index in [2.05, 4.69) is 20.6 Å². The van der Waals surface area contributed by atoms with Gasteiger partial charge in [0.1, 0.15) is 18.2 Å². The van der Waals surface area contributed by atoms with E-state index in [0.717, 1.165) is 16.9 Å². The highest BCUT2D eigenvalue weighted by molar-refractivity contribution is 7.99. The van der Waals surface area contributed by atoms with Crippen molar-refractivity contribution in [3.8, 4) is 11.4 Å². The predicted octanol–water partition coefficient (Wildman–Crippen LogP) is 4.58. The largest absolute Gasteiger partial charge is 0.484 e. The van der Waals surface area contributed by atoms with Crippen LogP contribution in [0.25, 0.3) is 5.69 Å². The van der Waals surface area contributed by atoms with E-state index in [4.69, 9.17) is 16.3 Å². The number of benzene rings is 2. The minimum atomic E-state index is -0.162. The van der Waals surface area contributed by atoms with Gasteiger partial charge in [-0.1, -0.05) is 53.2 Å². The van der Waals surface area contributed by atoms with E-state index in [1.807, 2.05) is 63.4 Å². The van der Waals surface area contributed by atoms with Crippen LogP contribution in [0.3, 0.4) is 0 Å². The summed E-state index contributed by atoms with van der Waals surface area (Å²) in [5.74, 6) is 1.84. The fourth-order valence-corrected chi connectivity index (χ4v) is 4.00. The van der Waals surface area contributed by atoms with Gasteiger partial charge in [-0.05, 0) is 38.1 Å². The second-order valence-electron chi connectivity index (χ2n) is 7.43. The maximum atomic E-state index is 12.6. The van der Waals surface area contributed by atoms with Crippen molar-refractivity contribution in [2.24, 2.45) is 7.05 Å². The first kappa shape index (κ1) is 22.9. The number of carbonyl (C=O) groups excluding carboxylic acids is 1. The number of amides is 1. The quantitative estimate of drug-likeness (QED) is 0.370. The summed E-state index contributed by atoms with van der Waals surface area (Å²) in [6.45, 7) is 4.13. The Morgan fingerprint density at radius 3 is 2.64 bits per heavy atom. The molecule has 0 radical (unpaired) electrons. The lowest BCUT2D eigenvalue weighted by molar-refractivity contribution is -0.113. The van der Waals surface area contributed by atoms with Gasteiger partial charge in [0.05, 0.1) is 22.2 Å². The SMILES string of the molecule is Cc1ccc(-n2nc(C)cc2NC(=O)CSc2nnc(COc3ccccc3Cl)n2C)cc1. The van der Waals surface area contributed by atoms with E-state index in [9.17, 15) is 4.79 Å². The summed E-state index contributed by atoms with van der Waals surface area (Å²) < 4.78 is 9.26. The summed E-state index contributed by atoms with van der Waals surface area (Å²) in [6, 6.07) is 17.0. The monoisotopic (exact) mass is 482 g/mol. The summed E-state index contributed by atoms with van der Waals surface area (Å²) in [5.41, 5.74) is 2.85. The number of carbonyl (C=O) groups is 1. The molecular formula is C23H23ClN6O2S. The third-order valence-corrected chi connectivity index (χ3v) is 6.16. The van der Waals surface area contributed by atoms with Gasteiger partial charge in [-0.25, -0.2) is 4.68 Å². The first-order chi connectivity index (χ1) is 15.9. The van der Waals surface area contributed by atoms with Crippen LogP contribution in [0.2, 0.25) is 5.02 Å². The highest BCUT2D eigenvalue weighted by Gasteiger charge is 2.15. The molecule has 170 valence electrons. The number of hydrogen-bond donors (Lipinski definition) is 1. The van der Waals surface area contributed by atoms with E-state index in [1.54, 1.807) is 21.4 Å². The number of para-hydroxylation sites is 1. The van der Waals surface area contributed by atoms with E-state index >= 15 is 0 Å². The zero-order valence-corrected chi connectivity index (χ0v) is 20.0. The fraction of sp³-hybridized carbons (Fsp3) is 0.217. The molecule has 0 fully saturated rings. The van der Waals surface area contributed by atoms with Crippen molar-refractivity contribution >= 4 is 35.1 Å². The minimum absolute atomic E-state index is 0.162. The Kier molecular flexibility index (Phi) is 7.00.